The first-order valence-corrected chi connectivity index (χ1v) is 7.89. The molecule has 0 unspecified atom stereocenters. The SMILES string of the molecule is CC(=O)NCCNC(=O)c1ccc(NC(=O)c2ccc(Cl)nc2)cc1. The third-order valence-corrected chi connectivity index (χ3v) is 3.40. The van der Waals surface area contributed by atoms with E-state index in [1.165, 1.54) is 19.2 Å². The minimum Gasteiger partial charge on any atom is -0.355 e. The number of aromatic nitrogens is 1. The van der Waals surface area contributed by atoms with E-state index >= 15 is 0 Å². The van der Waals surface area contributed by atoms with Gasteiger partial charge in [0.25, 0.3) is 11.8 Å². The van der Waals surface area contributed by atoms with Crippen LogP contribution in [0.5, 0.6) is 0 Å². The summed E-state index contributed by atoms with van der Waals surface area (Å²) in [6, 6.07) is 9.56. The molecule has 8 heteroatoms. The molecule has 3 N–H and O–H groups in total. The number of rotatable bonds is 6. The van der Waals surface area contributed by atoms with E-state index in [0.29, 0.717) is 35.1 Å². The molecule has 130 valence electrons. The van der Waals surface area contributed by atoms with Crippen molar-refractivity contribution in [3.63, 3.8) is 0 Å². The Bertz CT molecular complexity index is 760. The highest BCUT2D eigenvalue weighted by molar-refractivity contribution is 6.29. The first-order chi connectivity index (χ1) is 12.0. The summed E-state index contributed by atoms with van der Waals surface area (Å²) in [4.78, 5) is 38.6. The Morgan fingerprint density at radius 3 is 2.16 bits per heavy atom. The maximum Gasteiger partial charge on any atom is 0.257 e. The van der Waals surface area contributed by atoms with Crippen molar-refractivity contribution >= 4 is 35.0 Å². The van der Waals surface area contributed by atoms with Crippen LogP contribution < -0.4 is 16.0 Å². The highest BCUT2D eigenvalue weighted by Gasteiger charge is 2.08. The van der Waals surface area contributed by atoms with Crippen molar-refractivity contribution in [2.24, 2.45) is 0 Å². The second-order valence-electron chi connectivity index (χ2n) is 5.14. The lowest BCUT2D eigenvalue weighted by molar-refractivity contribution is -0.118. The maximum atomic E-state index is 12.1. The van der Waals surface area contributed by atoms with Crippen LogP contribution in [-0.4, -0.2) is 35.8 Å². The Balaban J connectivity index is 1.88. The summed E-state index contributed by atoms with van der Waals surface area (Å²) >= 11 is 5.68. The summed E-state index contributed by atoms with van der Waals surface area (Å²) in [6.07, 6.45) is 1.38. The number of pyridine rings is 1. The lowest BCUT2D eigenvalue weighted by Crippen LogP contribution is -2.33. The molecular formula is C17H17ClN4O3. The lowest BCUT2D eigenvalue weighted by atomic mass is 10.2. The molecule has 0 atom stereocenters. The largest absolute Gasteiger partial charge is 0.355 e. The maximum absolute atomic E-state index is 12.1. The lowest BCUT2D eigenvalue weighted by Gasteiger charge is -2.08. The van der Waals surface area contributed by atoms with Crippen molar-refractivity contribution in [2.45, 2.75) is 6.92 Å². The molecule has 0 bridgehead atoms. The van der Waals surface area contributed by atoms with Gasteiger partial charge in [0.2, 0.25) is 5.91 Å². The van der Waals surface area contributed by atoms with Crippen LogP contribution in [0, 0.1) is 0 Å². The molecule has 0 saturated carbocycles. The summed E-state index contributed by atoms with van der Waals surface area (Å²) in [6.45, 7) is 2.11. The van der Waals surface area contributed by atoms with E-state index in [9.17, 15) is 14.4 Å². The van der Waals surface area contributed by atoms with Crippen LogP contribution in [0.3, 0.4) is 0 Å². The molecule has 7 nitrogen and oxygen atoms in total. The van der Waals surface area contributed by atoms with Crippen LogP contribution >= 0.6 is 11.6 Å². The molecule has 0 aliphatic heterocycles. The Morgan fingerprint density at radius 2 is 1.56 bits per heavy atom. The number of benzene rings is 1. The molecule has 2 aromatic rings. The first-order valence-electron chi connectivity index (χ1n) is 7.51. The molecule has 3 amide bonds. The number of hydrogen-bond donors (Lipinski definition) is 3. The van der Waals surface area contributed by atoms with Crippen LogP contribution in [0.15, 0.2) is 42.6 Å². The number of amides is 3. The molecule has 1 heterocycles. The van der Waals surface area contributed by atoms with Crippen LogP contribution in [0.1, 0.15) is 27.6 Å². The van der Waals surface area contributed by atoms with Crippen molar-refractivity contribution in [1.29, 1.82) is 0 Å². The van der Waals surface area contributed by atoms with Gasteiger partial charge < -0.3 is 16.0 Å². The number of carbonyl (C=O) groups is 3. The normalized spacial score (nSPS) is 10.0. The van der Waals surface area contributed by atoms with Gasteiger partial charge in [-0.2, -0.15) is 0 Å². The monoisotopic (exact) mass is 360 g/mol. The Hall–Kier alpha value is -2.93. The Morgan fingerprint density at radius 1 is 0.920 bits per heavy atom. The fraction of sp³-hybridized carbons (Fsp3) is 0.176. The molecule has 0 spiro atoms. The van der Waals surface area contributed by atoms with Gasteiger partial charge in [0, 0.05) is 37.5 Å². The highest BCUT2D eigenvalue weighted by Crippen LogP contribution is 2.12. The molecule has 0 radical (unpaired) electrons. The van der Waals surface area contributed by atoms with Crippen LogP contribution in [0.2, 0.25) is 5.15 Å². The number of anilines is 1. The van der Waals surface area contributed by atoms with Gasteiger partial charge in [-0.15, -0.1) is 0 Å². The second kappa shape index (κ2) is 8.79. The molecular weight excluding hydrogens is 344 g/mol. The predicted molar refractivity (Wildman–Crippen MR) is 94.7 cm³/mol. The van der Waals surface area contributed by atoms with E-state index < -0.39 is 0 Å². The molecule has 1 aromatic heterocycles. The number of hydrogen-bond acceptors (Lipinski definition) is 4. The molecule has 0 saturated heterocycles. The van der Waals surface area contributed by atoms with Crippen molar-refractivity contribution in [2.75, 3.05) is 18.4 Å². The number of nitrogens with zero attached hydrogens (tertiary/aromatic N) is 1. The molecule has 0 aliphatic carbocycles. The fourth-order valence-electron chi connectivity index (χ4n) is 1.93. The topological polar surface area (TPSA) is 100 Å². The van der Waals surface area contributed by atoms with E-state index in [0.717, 1.165) is 0 Å². The van der Waals surface area contributed by atoms with Crippen molar-refractivity contribution in [1.82, 2.24) is 15.6 Å². The van der Waals surface area contributed by atoms with Crippen LogP contribution in [0.4, 0.5) is 5.69 Å². The summed E-state index contributed by atoms with van der Waals surface area (Å²) < 4.78 is 0. The second-order valence-corrected chi connectivity index (χ2v) is 5.53. The third-order valence-electron chi connectivity index (χ3n) is 3.18. The zero-order valence-electron chi connectivity index (χ0n) is 13.5. The number of nitrogens with one attached hydrogen (secondary N) is 3. The summed E-state index contributed by atoms with van der Waals surface area (Å²) in [7, 11) is 0. The molecule has 2 rings (SSSR count). The van der Waals surface area contributed by atoms with E-state index in [1.807, 2.05) is 0 Å². The van der Waals surface area contributed by atoms with Gasteiger partial charge >= 0.3 is 0 Å². The van der Waals surface area contributed by atoms with Gasteiger partial charge in [0.15, 0.2) is 0 Å². The molecule has 0 aliphatic rings. The average molecular weight is 361 g/mol. The van der Waals surface area contributed by atoms with Gasteiger partial charge in [-0.25, -0.2) is 4.98 Å². The minimum atomic E-state index is -0.323. The zero-order chi connectivity index (χ0) is 18.2. The van der Waals surface area contributed by atoms with Gasteiger partial charge in [-0.1, -0.05) is 11.6 Å². The van der Waals surface area contributed by atoms with Gasteiger partial charge in [-0.3, -0.25) is 14.4 Å². The molecule has 1 aromatic carbocycles. The van der Waals surface area contributed by atoms with Crippen molar-refractivity contribution < 1.29 is 14.4 Å². The zero-order valence-corrected chi connectivity index (χ0v) is 14.3. The van der Waals surface area contributed by atoms with Gasteiger partial charge in [0.05, 0.1) is 5.56 Å². The van der Waals surface area contributed by atoms with Gasteiger partial charge in [0.1, 0.15) is 5.15 Å². The van der Waals surface area contributed by atoms with E-state index in [1.54, 1.807) is 30.3 Å². The van der Waals surface area contributed by atoms with Crippen LogP contribution in [-0.2, 0) is 4.79 Å². The summed E-state index contributed by atoms with van der Waals surface area (Å²) in [5.74, 6) is -0.730. The molecule has 25 heavy (non-hydrogen) atoms. The quantitative estimate of drug-likeness (QED) is 0.540. The Kier molecular flexibility index (Phi) is 6.47. The Labute approximate surface area is 149 Å². The third kappa shape index (κ3) is 5.89. The summed E-state index contributed by atoms with van der Waals surface area (Å²) in [5, 5.41) is 8.29. The predicted octanol–water partition coefficient (Wildman–Crippen LogP) is 1.85. The van der Waals surface area contributed by atoms with Gasteiger partial charge in [-0.05, 0) is 36.4 Å². The number of halogens is 1. The van der Waals surface area contributed by atoms with Crippen LogP contribution in [0.25, 0.3) is 0 Å². The van der Waals surface area contributed by atoms with E-state index in [-0.39, 0.29) is 17.7 Å². The van der Waals surface area contributed by atoms with E-state index in [2.05, 4.69) is 20.9 Å². The smallest absolute Gasteiger partial charge is 0.257 e. The number of carbonyl (C=O) groups excluding carboxylic acids is 3. The highest BCUT2D eigenvalue weighted by atomic mass is 35.5. The first kappa shape index (κ1) is 18.4. The summed E-state index contributed by atoms with van der Waals surface area (Å²) in [5.41, 5.74) is 1.38. The standard InChI is InChI=1S/C17H17ClN4O3/c1-11(23)19-8-9-20-16(24)12-2-5-14(6-3-12)22-17(25)13-4-7-15(18)21-10-13/h2-7,10H,8-9H2,1H3,(H,19,23)(H,20,24)(H,22,25). The molecule has 0 fully saturated rings. The fourth-order valence-corrected chi connectivity index (χ4v) is 2.05. The van der Waals surface area contributed by atoms with Crippen molar-refractivity contribution in [3.05, 3.63) is 58.9 Å². The van der Waals surface area contributed by atoms with Crippen molar-refractivity contribution in [3.8, 4) is 0 Å². The van der Waals surface area contributed by atoms with E-state index in [4.69, 9.17) is 11.6 Å². The minimum absolute atomic E-state index is 0.148. The average Bonchev–Trinajstić information content (AvgIpc) is 2.59.